The molecule has 0 aromatic carbocycles. The summed E-state index contributed by atoms with van der Waals surface area (Å²) in [6, 6.07) is 0. The summed E-state index contributed by atoms with van der Waals surface area (Å²) >= 11 is 1.48. The fraction of sp³-hybridized carbons (Fsp3) is 0.600. The molecule has 96 valence electrons. The number of nitrogen functional groups attached to an aromatic ring is 1. The minimum Gasteiger partial charge on any atom is -0.375 e. The third-order valence-corrected chi connectivity index (χ3v) is 3.64. The maximum absolute atomic E-state index is 11.4. The highest BCUT2D eigenvalue weighted by molar-refractivity contribution is 7.15. The molecule has 17 heavy (non-hydrogen) atoms. The van der Waals surface area contributed by atoms with Gasteiger partial charge in [-0.25, -0.2) is 4.98 Å². The molecule has 0 bridgehead atoms. The minimum atomic E-state index is -0.0212. The molecule has 2 heterocycles. The third kappa shape index (κ3) is 3.31. The van der Waals surface area contributed by atoms with Crippen LogP contribution < -0.4 is 11.1 Å². The van der Waals surface area contributed by atoms with E-state index < -0.39 is 0 Å². The van der Waals surface area contributed by atoms with Gasteiger partial charge in [-0.05, 0) is 13.8 Å². The van der Waals surface area contributed by atoms with Crippen LogP contribution in [0.15, 0.2) is 6.20 Å². The van der Waals surface area contributed by atoms with Crippen LogP contribution in [0.1, 0.15) is 18.7 Å². The Morgan fingerprint density at radius 2 is 2.35 bits per heavy atom. The Morgan fingerprint density at radius 1 is 1.65 bits per heavy atom. The van der Waals surface area contributed by atoms with Crippen LogP contribution in [0, 0.1) is 0 Å². The molecule has 1 fully saturated rings. The smallest absolute Gasteiger partial charge is 0.234 e. The first-order chi connectivity index (χ1) is 7.47. The zero-order valence-corrected chi connectivity index (χ0v) is 11.5. The Labute approximate surface area is 111 Å². The summed E-state index contributed by atoms with van der Waals surface area (Å²) < 4.78 is 0. The lowest BCUT2D eigenvalue weighted by atomic mass is 10.00. The van der Waals surface area contributed by atoms with Gasteiger partial charge in [0.25, 0.3) is 0 Å². The van der Waals surface area contributed by atoms with Crippen molar-refractivity contribution in [3.05, 3.63) is 11.1 Å². The number of halogens is 1. The van der Waals surface area contributed by atoms with Gasteiger partial charge in [-0.2, -0.15) is 0 Å². The van der Waals surface area contributed by atoms with E-state index in [4.69, 9.17) is 5.73 Å². The molecule has 1 aliphatic heterocycles. The molecule has 1 aliphatic rings. The number of nitrogens with one attached hydrogen (secondary N) is 1. The van der Waals surface area contributed by atoms with Crippen LogP contribution in [0.25, 0.3) is 0 Å². The Kier molecular flexibility index (Phi) is 4.35. The zero-order valence-electron chi connectivity index (χ0n) is 9.90. The van der Waals surface area contributed by atoms with Crippen molar-refractivity contribution in [1.29, 1.82) is 0 Å². The Balaban J connectivity index is 0.00000144. The topological polar surface area (TPSA) is 71.2 Å². The average Bonchev–Trinajstić information content (AvgIpc) is 2.59. The summed E-state index contributed by atoms with van der Waals surface area (Å²) in [4.78, 5) is 18.6. The predicted octanol–water partition coefficient (Wildman–Crippen LogP) is 0.857. The molecule has 0 radical (unpaired) electrons. The second-order valence-corrected chi connectivity index (χ2v) is 5.76. The van der Waals surface area contributed by atoms with Crippen molar-refractivity contribution in [1.82, 2.24) is 15.2 Å². The molecule has 0 spiro atoms. The molecule has 3 N–H and O–H groups in total. The maximum Gasteiger partial charge on any atom is 0.234 e. The first-order valence-electron chi connectivity index (χ1n) is 5.19. The van der Waals surface area contributed by atoms with Crippen molar-refractivity contribution in [3.63, 3.8) is 0 Å². The number of amides is 1. The number of anilines is 1. The Bertz CT molecular complexity index is 407. The van der Waals surface area contributed by atoms with Crippen molar-refractivity contribution in [2.24, 2.45) is 0 Å². The number of nitrogens with two attached hydrogens (primary N) is 1. The Hall–Kier alpha value is -0.850. The van der Waals surface area contributed by atoms with Gasteiger partial charge < -0.3 is 11.1 Å². The molecule has 0 aliphatic carbocycles. The molecule has 5 nitrogen and oxygen atoms in total. The van der Waals surface area contributed by atoms with Crippen LogP contribution in [0.4, 0.5) is 5.13 Å². The van der Waals surface area contributed by atoms with Crippen molar-refractivity contribution in [2.75, 3.05) is 18.8 Å². The number of thiazole rings is 1. The summed E-state index contributed by atoms with van der Waals surface area (Å²) in [5.74, 6) is 0.0804. The monoisotopic (exact) mass is 276 g/mol. The number of carbonyl (C=O) groups is 1. The molecule has 2 rings (SSSR count). The molecule has 0 saturated carbocycles. The van der Waals surface area contributed by atoms with Gasteiger partial charge in [0.05, 0.1) is 6.54 Å². The van der Waals surface area contributed by atoms with Crippen LogP contribution in [-0.4, -0.2) is 34.4 Å². The summed E-state index contributed by atoms with van der Waals surface area (Å²) in [5, 5.41) is 3.45. The van der Waals surface area contributed by atoms with E-state index in [-0.39, 0.29) is 23.9 Å². The first-order valence-corrected chi connectivity index (χ1v) is 6.01. The van der Waals surface area contributed by atoms with E-state index in [0.29, 0.717) is 18.2 Å². The van der Waals surface area contributed by atoms with Gasteiger partial charge in [-0.3, -0.25) is 9.69 Å². The van der Waals surface area contributed by atoms with E-state index in [1.807, 2.05) is 0 Å². The number of piperazine rings is 1. The number of hydrogen-bond donors (Lipinski definition) is 2. The second kappa shape index (κ2) is 5.20. The number of hydrogen-bond acceptors (Lipinski definition) is 5. The quantitative estimate of drug-likeness (QED) is 0.840. The normalized spacial score (nSPS) is 19.5. The van der Waals surface area contributed by atoms with Crippen molar-refractivity contribution in [3.8, 4) is 0 Å². The highest BCUT2D eigenvalue weighted by Gasteiger charge is 2.33. The van der Waals surface area contributed by atoms with Crippen LogP contribution in [0.3, 0.4) is 0 Å². The predicted molar refractivity (Wildman–Crippen MR) is 71.3 cm³/mol. The number of nitrogens with zero attached hydrogens (tertiary/aromatic N) is 2. The summed E-state index contributed by atoms with van der Waals surface area (Å²) in [6.07, 6.45) is 1.78. The standard InChI is InChI=1S/C10H16N4OS.ClH/c1-10(2)6-13-8(15)5-14(10)4-7-3-12-9(11)16-7;/h3H,4-6H2,1-2H3,(H2,11,12)(H,13,15);1H. The average molecular weight is 277 g/mol. The van der Waals surface area contributed by atoms with E-state index in [9.17, 15) is 4.79 Å². The highest BCUT2D eigenvalue weighted by atomic mass is 35.5. The summed E-state index contributed by atoms with van der Waals surface area (Å²) in [6.45, 7) is 6.09. The first kappa shape index (κ1) is 14.2. The molecule has 0 unspecified atom stereocenters. The third-order valence-electron chi connectivity index (χ3n) is 2.83. The SMILES string of the molecule is CC1(C)CNC(=O)CN1Cc1cnc(N)s1.Cl. The van der Waals surface area contributed by atoms with Gasteiger partial charge in [0, 0.05) is 29.7 Å². The number of carbonyl (C=O) groups excluding carboxylic acids is 1. The van der Waals surface area contributed by atoms with Gasteiger partial charge >= 0.3 is 0 Å². The van der Waals surface area contributed by atoms with Crippen molar-refractivity contribution < 1.29 is 4.79 Å². The molecule has 1 aromatic heterocycles. The molecular weight excluding hydrogens is 260 g/mol. The van der Waals surface area contributed by atoms with Crippen LogP contribution in [0.2, 0.25) is 0 Å². The highest BCUT2D eigenvalue weighted by Crippen LogP contribution is 2.23. The van der Waals surface area contributed by atoms with Crippen LogP contribution in [-0.2, 0) is 11.3 Å². The lowest BCUT2D eigenvalue weighted by Gasteiger charge is -2.41. The molecule has 1 saturated heterocycles. The van der Waals surface area contributed by atoms with Gasteiger partial charge in [0.1, 0.15) is 0 Å². The second-order valence-electron chi connectivity index (χ2n) is 4.61. The maximum atomic E-state index is 11.4. The lowest BCUT2D eigenvalue weighted by Crippen LogP contribution is -2.59. The van der Waals surface area contributed by atoms with E-state index in [1.54, 1.807) is 6.20 Å². The van der Waals surface area contributed by atoms with E-state index in [1.165, 1.54) is 11.3 Å². The number of rotatable bonds is 2. The Morgan fingerprint density at radius 3 is 2.94 bits per heavy atom. The van der Waals surface area contributed by atoms with Gasteiger partial charge in [0.2, 0.25) is 5.91 Å². The fourth-order valence-electron chi connectivity index (χ4n) is 1.72. The van der Waals surface area contributed by atoms with Gasteiger partial charge in [0.15, 0.2) is 5.13 Å². The minimum absolute atomic E-state index is 0. The van der Waals surface area contributed by atoms with E-state index >= 15 is 0 Å². The van der Waals surface area contributed by atoms with Crippen LogP contribution in [0.5, 0.6) is 0 Å². The molecule has 7 heteroatoms. The van der Waals surface area contributed by atoms with Gasteiger partial charge in [-0.15, -0.1) is 23.7 Å². The summed E-state index contributed by atoms with van der Waals surface area (Å²) in [5.41, 5.74) is 5.57. The van der Waals surface area contributed by atoms with Crippen molar-refractivity contribution in [2.45, 2.75) is 25.9 Å². The molecule has 1 aromatic rings. The largest absolute Gasteiger partial charge is 0.375 e. The molecule has 0 atom stereocenters. The van der Waals surface area contributed by atoms with E-state index in [2.05, 4.69) is 29.0 Å². The molecule has 1 amide bonds. The van der Waals surface area contributed by atoms with Gasteiger partial charge in [-0.1, -0.05) is 0 Å². The number of aromatic nitrogens is 1. The summed E-state index contributed by atoms with van der Waals surface area (Å²) in [7, 11) is 0. The van der Waals surface area contributed by atoms with E-state index in [0.717, 1.165) is 11.4 Å². The van der Waals surface area contributed by atoms with Crippen molar-refractivity contribution >= 4 is 34.8 Å². The zero-order chi connectivity index (χ0) is 11.8. The molecular formula is C10H17ClN4OS. The fourth-order valence-corrected chi connectivity index (χ4v) is 2.42. The lowest BCUT2D eigenvalue weighted by molar-refractivity contribution is -0.128. The van der Waals surface area contributed by atoms with Crippen LogP contribution >= 0.6 is 23.7 Å².